The van der Waals surface area contributed by atoms with Gasteiger partial charge in [0.1, 0.15) is 17.1 Å². The van der Waals surface area contributed by atoms with Gasteiger partial charge in [0, 0.05) is 24.2 Å². The zero-order valence-electron chi connectivity index (χ0n) is 14.8. The minimum Gasteiger partial charge on any atom is -0.496 e. The second-order valence-electron chi connectivity index (χ2n) is 6.04. The summed E-state index contributed by atoms with van der Waals surface area (Å²) < 4.78 is 11.3. The fraction of sp³-hybridized carbons (Fsp3) is 0.150. The summed E-state index contributed by atoms with van der Waals surface area (Å²) in [5.41, 5.74) is 3.78. The van der Waals surface area contributed by atoms with Gasteiger partial charge in [0.05, 0.1) is 18.7 Å². The predicted octanol–water partition coefficient (Wildman–Crippen LogP) is 4.44. The fourth-order valence-electron chi connectivity index (χ4n) is 3.04. The van der Waals surface area contributed by atoms with Crippen molar-refractivity contribution in [1.29, 1.82) is 0 Å². The van der Waals surface area contributed by atoms with Crippen molar-refractivity contribution in [3.63, 3.8) is 0 Å². The Kier molecular flexibility index (Phi) is 4.01. The highest BCUT2D eigenvalue weighted by Crippen LogP contribution is 2.31. The van der Waals surface area contributed by atoms with E-state index in [9.17, 15) is 0 Å². The summed E-state index contributed by atoms with van der Waals surface area (Å²) in [7, 11) is 1.68. The third-order valence-corrected chi connectivity index (χ3v) is 4.18. The Balaban J connectivity index is 1.71. The maximum Gasteiger partial charge on any atom is 0.161 e. The molecular formula is C20H18N4O2. The zero-order chi connectivity index (χ0) is 18.1. The van der Waals surface area contributed by atoms with Crippen molar-refractivity contribution in [3.8, 4) is 28.6 Å². The lowest BCUT2D eigenvalue weighted by molar-refractivity contribution is 0.408. The number of nitrogens with one attached hydrogen (secondary N) is 1. The summed E-state index contributed by atoms with van der Waals surface area (Å²) in [5, 5.41) is 0.819. The fourth-order valence-corrected chi connectivity index (χ4v) is 3.04. The SMILES string of the molecule is COc1c(C)cc(-c2ncc3c(Oc4cccnc4)c[nH]c3n2)cc1C. The number of benzene rings is 1. The van der Waals surface area contributed by atoms with Crippen LogP contribution in [0.5, 0.6) is 17.2 Å². The van der Waals surface area contributed by atoms with Crippen LogP contribution in [0.1, 0.15) is 11.1 Å². The number of hydrogen-bond donors (Lipinski definition) is 1. The van der Waals surface area contributed by atoms with Crippen LogP contribution in [0.2, 0.25) is 0 Å². The first-order valence-electron chi connectivity index (χ1n) is 8.23. The molecule has 4 rings (SSSR count). The number of pyridine rings is 1. The summed E-state index contributed by atoms with van der Waals surface area (Å²) in [5.74, 6) is 2.88. The van der Waals surface area contributed by atoms with Gasteiger partial charge < -0.3 is 14.5 Å². The van der Waals surface area contributed by atoms with Gasteiger partial charge in [0.25, 0.3) is 0 Å². The number of fused-ring (bicyclic) bond motifs is 1. The maximum atomic E-state index is 5.86. The number of rotatable bonds is 4. The number of methoxy groups -OCH3 is 1. The molecule has 0 bridgehead atoms. The molecule has 130 valence electrons. The standard InChI is InChI=1S/C20H18N4O2/c1-12-7-14(8-13(2)18(12)25-3)19-22-10-16-17(11-23-20(16)24-19)26-15-5-4-6-21-9-15/h4-11H,1-3H3,(H,22,23,24). The molecule has 0 saturated heterocycles. The van der Waals surface area contributed by atoms with Gasteiger partial charge in [-0.05, 0) is 49.2 Å². The molecule has 0 aliphatic heterocycles. The quantitative estimate of drug-likeness (QED) is 0.591. The van der Waals surface area contributed by atoms with E-state index < -0.39 is 0 Å². The van der Waals surface area contributed by atoms with E-state index in [1.165, 1.54) is 0 Å². The van der Waals surface area contributed by atoms with Gasteiger partial charge in [-0.15, -0.1) is 0 Å². The van der Waals surface area contributed by atoms with E-state index in [4.69, 9.17) is 9.47 Å². The molecule has 0 fully saturated rings. The second-order valence-corrected chi connectivity index (χ2v) is 6.04. The van der Waals surface area contributed by atoms with Crippen LogP contribution in [-0.4, -0.2) is 27.0 Å². The Morgan fingerprint density at radius 3 is 2.58 bits per heavy atom. The van der Waals surface area contributed by atoms with Crippen LogP contribution >= 0.6 is 0 Å². The minimum absolute atomic E-state index is 0.654. The third-order valence-electron chi connectivity index (χ3n) is 4.18. The molecular weight excluding hydrogens is 328 g/mol. The van der Waals surface area contributed by atoms with E-state index in [0.717, 1.165) is 33.5 Å². The third kappa shape index (κ3) is 2.86. The first-order valence-corrected chi connectivity index (χ1v) is 8.23. The van der Waals surface area contributed by atoms with Crippen LogP contribution in [0.4, 0.5) is 0 Å². The molecule has 26 heavy (non-hydrogen) atoms. The monoisotopic (exact) mass is 346 g/mol. The van der Waals surface area contributed by atoms with Gasteiger partial charge in [-0.3, -0.25) is 4.98 Å². The lowest BCUT2D eigenvalue weighted by Gasteiger charge is -2.10. The number of aromatic nitrogens is 4. The number of H-pyrrole nitrogens is 1. The number of hydrogen-bond acceptors (Lipinski definition) is 5. The molecule has 0 atom stereocenters. The Hall–Kier alpha value is -3.41. The van der Waals surface area contributed by atoms with Gasteiger partial charge in [-0.2, -0.15) is 0 Å². The van der Waals surface area contributed by atoms with Gasteiger partial charge in [-0.1, -0.05) is 0 Å². The second kappa shape index (κ2) is 6.48. The van der Waals surface area contributed by atoms with Crippen molar-refractivity contribution in [3.05, 3.63) is 60.2 Å². The van der Waals surface area contributed by atoms with Crippen LogP contribution in [0, 0.1) is 13.8 Å². The Morgan fingerprint density at radius 2 is 1.88 bits per heavy atom. The molecule has 6 heteroatoms. The van der Waals surface area contributed by atoms with Crippen LogP contribution in [0.25, 0.3) is 22.4 Å². The zero-order valence-corrected chi connectivity index (χ0v) is 14.8. The van der Waals surface area contributed by atoms with Crippen LogP contribution in [-0.2, 0) is 0 Å². The highest BCUT2D eigenvalue weighted by molar-refractivity contribution is 5.84. The first-order chi connectivity index (χ1) is 12.7. The van der Waals surface area contributed by atoms with Crippen molar-refractivity contribution in [1.82, 2.24) is 19.9 Å². The average Bonchev–Trinajstić information content (AvgIpc) is 3.04. The van der Waals surface area contributed by atoms with Gasteiger partial charge in [0.15, 0.2) is 11.6 Å². The largest absolute Gasteiger partial charge is 0.496 e. The van der Waals surface area contributed by atoms with Crippen LogP contribution in [0.3, 0.4) is 0 Å². The molecule has 0 aliphatic carbocycles. The number of aromatic amines is 1. The molecule has 0 amide bonds. The van der Waals surface area contributed by atoms with Crippen molar-refractivity contribution in [2.24, 2.45) is 0 Å². The smallest absolute Gasteiger partial charge is 0.161 e. The summed E-state index contributed by atoms with van der Waals surface area (Å²) in [4.78, 5) is 16.4. The molecule has 1 N–H and O–H groups in total. The van der Waals surface area contributed by atoms with Gasteiger partial charge in [0.2, 0.25) is 0 Å². The van der Waals surface area contributed by atoms with Crippen molar-refractivity contribution in [2.75, 3.05) is 7.11 Å². The normalized spacial score (nSPS) is 10.9. The van der Waals surface area contributed by atoms with Gasteiger partial charge in [-0.25, -0.2) is 9.97 Å². The Bertz CT molecular complexity index is 1050. The number of nitrogens with zero attached hydrogens (tertiary/aromatic N) is 3. The molecule has 6 nitrogen and oxygen atoms in total. The van der Waals surface area contributed by atoms with Gasteiger partial charge >= 0.3 is 0 Å². The maximum absolute atomic E-state index is 5.86. The van der Waals surface area contributed by atoms with E-state index in [1.807, 2.05) is 38.1 Å². The van der Waals surface area contributed by atoms with Crippen molar-refractivity contribution >= 4 is 11.0 Å². The van der Waals surface area contributed by atoms with E-state index in [2.05, 4.69) is 19.9 Å². The van der Waals surface area contributed by atoms with E-state index in [0.29, 0.717) is 17.3 Å². The van der Waals surface area contributed by atoms with Crippen molar-refractivity contribution in [2.45, 2.75) is 13.8 Å². The summed E-state index contributed by atoms with van der Waals surface area (Å²) in [6.45, 7) is 4.03. The molecule has 4 aromatic rings. The Morgan fingerprint density at radius 1 is 1.08 bits per heavy atom. The molecule has 1 aromatic carbocycles. The van der Waals surface area contributed by atoms with E-state index in [1.54, 1.807) is 31.9 Å². The predicted molar refractivity (Wildman–Crippen MR) is 99.7 cm³/mol. The summed E-state index contributed by atoms with van der Waals surface area (Å²) in [6.07, 6.45) is 6.92. The summed E-state index contributed by atoms with van der Waals surface area (Å²) >= 11 is 0. The molecule has 0 unspecified atom stereocenters. The summed E-state index contributed by atoms with van der Waals surface area (Å²) in [6, 6.07) is 7.74. The number of ether oxygens (including phenoxy) is 2. The first kappa shape index (κ1) is 16.1. The molecule has 0 radical (unpaired) electrons. The highest BCUT2D eigenvalue weighted by atomic mass is 16.5. The number of aryl methyl sites for hydroxylation is 2. The van der Waals surface area contributed by atoms with Crippen LogP contribution < -0.4 is 9.47 Å². The molecule has 0 saturated carbocycles. The van der Waals surface area contributed by atoms with Crippen molar-refractivity contribution < 1.29 is 9.47 Å². The highest BCUT2D eigenvalue weighted by Gasteiger charge is 2.12. The molecule has 0 aliphatic rings. The average molecular weight is 346 g/mol. The lowest BCUT2D eigenvalue weighted by Crippen LogP contribution is -1.95. The molecule has 0 spiro atoms. The molecule has 3 heterocycles. The molecule has 3 aromatic heterocycles. The van der Waals surface area contributed by atoms with E-state index in [-0.39, 0.29) is 0 Å². The lowest BCUT2D eigenvalue weighted by atomic mass is 10.1. The Labute approximate surface area is 150 Å². The van der Waals surface area contributed by atoms with Crippen LogP contribution in [0.15, 0.2) is 49.1 Å². The minimum atomic E-state index is 0.654. The topological polar surface area (TPSA) is 72.9 Å². The van der Waals surface area contributed by atoms with E-state index >= 15 is 0 Å².